The van der Waals surface area contributed by atoms with Crippen molar-refractivity contribution < 1.29 is 4.21 Å². The maximum atomic E-state index is 11.4. The molecule has 1 aliphatic heterocycles. The summed E-state index contributed by atoms with van der Waals surface area (Å²) in [7, 11) is -0.602. The van der Waals surface area contributed by atoms with Gasteiger partial charge in [-0.05, 0) is 24.1 Å². The van der Waals surface area contributed by atoms with Crippen molar-refractivity contribution in [3.05, 3.63) is 34.9 Å². The minimum absolute atomic E-state index is 0.435. The number of rotatable bonds is 3. The van der Waals surface area contributed by atoms with Gasteiger partial charge in [0.15, 0.2) is 0 Å². The molecule has 1 aromatic carbocycles. The minimum Gasteiger partial charge on any atom is -0.295 e. The first-order chi connectivity index (χ1) is 8.20. The molecule has 1 heterocycles. The molecular weight excluding hydrogens is 254 g/mol. The van der Waals surface area contributed by atoms with E-state index in [4.69, 9.17) is 11.6 Å². The van der Waals surface area contributed by atoms with E-state index in [1.54, 1.807) is 0 Å². The zero-order valence-electron chi connectivity index (χ0n) is 10.1. The normalized spacial score (nSPS) is 20.4. The highest BCUT2D eigenvalue weighted by Gasteiger charge is 2.22. The highest BCUT2D eigenvalue weighted by Crippen LogP contribution is 2.26. The van der Waals surface area contributed by atoms with Gasteiger partial charge >= 0.3 is 0 Å². The largest absolute Gasteiger partial charge is 0.295 e. The van der Waals surface area contributed by atoms with Crippen molar-refractivity contribution >= 4 is 22.4 Å². The van der Waals surface area contributed by atoms with E-state index in [1.165, 1.54) is 5.56 Å². The van der Waals surface area contributed by atoms with E-state index in [1.807, 2.05) is 12.1 Å². The molecule has 0 bridgehead atoms. The first-order valence-electron chi connectivity index (χ1n) is 6.05. The molecule has 2 rings (SSSR count). The fraction of sp³-hybridized carbons (Fsp3) is 0.538. The number of halogens is 1. The van der Waals surface area contributed by atoms with Gasteiger partial charge in [-0.15, -0.1) is 0 Å². The summed E-state index contributed by atoms with van der Waals surface area (Å²) in [5, 5.41) is 0.781. The highest BCUT2D eigenvalue weighted by atomic mass is 35.5. The number of benzene rings is 1. The average molecular weight is 272 g/mol. The Kier molecular flexibility index (Phi) is 4.60. The van der Waals surface area contributed by atoms with E-state index in [0.717, 1.165) is 36.0 Å². The predicted molar refractivity (Wildman–Crippen MR) is 73.9 cm³/mol. The smallest absolute Gasteiger partial charge is 0.0406 e. The Morgan fingerprint density at radius 2 is 1.88 bits per heavy atom. The Morgan fingerprint density at radius 1 is 1.29 bits per heavy atom. The van der Waals surface area contributed by atoms with Gasteiger partial charge in [-0.3, -0.25) is 9.11 Å². The van der Waals surface area contributed by atoms with E-state index in [0.29, 0.717) is 6.04 Å². The summed E-state index contributed by atoms with van der Waals surface area (Å²) in [5.41, 5.74) is 1.31. The van der Waals surface area contributed by atoms with Crippen LogP contribution in [0.3, 0.4) is 0 Å². The molecular formula is C13H18ClNOS. The van der Waals surface area contributed by atoms with Crippen molar-refractivity contribution in [2.75, 3.05) is 24.6 Å². The second kappa shape index (κ2) is 5.98. The Bertz CT molecular complexity index is 383. The monoisotopic (exact) mass is 271 g/mol. The third-order valence-corrected chi connectivity index (χ3v) is 4.82. The topological polar surface area (TPSA) is 20.3 Å². The maximum absolute atomic E-state index is 11.4. The molecule has 1 aliphatic rings. The average Bonchev–Trinajstić information content (AvgIpc) is 2.35. The molecule has 1 fully saturated rings. The van der Waals surface area contributed by atoms with Gasteiger partial charge in [0.05, 0.1) is 0 Å². The van der Waals surface area contributed by atoms with Gasteiger partial charge in [0, 0.05) is 46.5 Å². The van der Waals surface area contributed by atoms with Gasteiger partial charge in [0.2, 0.25) is 0 Å². The summed E-state index contributed by atoms with van der Waals surface area (Å²) in [4.78, 5) is 2.44. The van der Waals surface area contributed by atoms with Crippen LogP contribution in [0.4, 0.5) is 0 Å². The van der Waals surface area contributed by atoms with Crippen LogP contribution < -0.4 is 0 Å². The molecule has 4 heteroatoms. The van der Waals surface area contributed by atoms with Crippen molar-refractivity contribution in [2.45, 2.75) is 19.4 Å². The molecule has 1 unspecified atom stereocenters. The Hall–Kier alpha value is -0.380. The van der Waals surface area contributed by atoms with Crippen LogP contribution >= 0.6 is 11.6 Å². The van der Waals surface area contributed by atoms with Crippen molar-refractivity contribution in [1.29, 1.82) is 0 Å². The number of hydrogen-bond acceptors (Lipinski definition) is 2. The van der Waals surface area contributed by atoms with Crippen LogP contribution in [0.25, 0.3) is 0 Å². The lowest BCUT2D eigenvalue weighted by molar-refractivity contribution is 0.210. The van der Waals surface area contributed by atoms with Crippen LogP contribution in [0, 0.1) is 0 Å². The standard InChI is InChI=1S/C13H18ClNOS/c1-2-13(11-3-5-12(14)6-4-11)15-7-9-17(16)10-8-15/h3-6,13H,2,7-10H2,1H3. The van der Waals surface area contributed by atoms with Crippen molar-refractivity contribution in [3.63, 3.8) is 0 Å². The molecule has 0 aliphatic carbocycles. The van der Waals surface area contributed by atoms with Crippen LogP contribution in [-0.4, -0.2) is 33.7 Å². The van der Waals surface area contributed by atoms with Crippen LogP contribution in [-0.2, 0) is 10.8 Å². The van der Waals surface area contributed by atoms with Crippen LogP contribution in [0.1, 0.15) is 24.9 Å². The van der Waals surface area contributed by atoms with Crippen molar-refractivity contribution in [1.82, 2.24) is 4.90 Å². The summed E-state index contributed by atoms with van der Waals surface area (Å²) in [6.45, 7) is 4.08. The summed E-state index contributed by atoms with van der Waals surface area (Å²) in [6.07, 6.45) is 1.08. The fourth-order valence-corrected chi connectivity index (χ4v) is 3.56. The Labute approximate surface area is 110 Å². The lowest BCUT2D eigenvalue weighted by atomic mass is 10.0. The van der Waals surface area contributed by atoms with E-state index < -0.39 is 10.8 Å². The lowest BCUT2D eigenvalue weighted by Gasteiger charge is -2.34. The molecule has 94 valence electrons. The predicted octanol–water partition coefficient (Wildman–Crippen LogP) is 2.86. The molecule has 0 spiro atoms. The summed E-state index contributed by atoms with van der Waals surface area (Å²) in [6, 6.07) is 8.53. The molecule has 2 nitrogen and oxygen atoms in total. The van der Waals surface area contributed by atoms with E-state index in [-0.39, 0.29) is 0 Å². The van der Waals surface area contributed by atoms with Gasteiger partial charge in [-0.2, -0.15) is 0 Å². The van der Waals surface area contributed by atoms with E-state index in [2.05, 4.69) is 24.0 Å². The van der Waals surface area contributed by atoms with Crippen LogP contribution in [0.2, 0.25) is 5.02 Å². The second-order valence-corrected chi connectivity index (χ2v) is 6.49. The SMILES string of the molecule is CCC(c1ccc(Cl)cc1)N1CCS(=O)CC1. The highest BCUT2D eigenvalue weighted by molar-refractivity contribution is 7.85. The summed E-state index contributed by atoms with van der Waals surface area (Å²) in [5.74, 6) is 1.62. The zero-order valence-corrected chi connectivity index (χ0v) is 11.6. The van der Waals surface area contributed by atoms with E-state index >= 15 is 0 Å². The first kappa shape index (κ1) is 13.1. The maximum Gasteiger partial charge on any atom is 0.0406 e. The third-order valence-electron chi connectivity index (χ3n) is 3.29. The molecule has 1 saturated heterocycles. The number of nitrogens with zero attached hydrogens (tertiary/aromatic N) is 1. The summed E-state index contributed by atoms with van der Waals surface area (Å²) < 4.78 is 11.4. The molecule has 0 N–H and O–H groups in total. The second-order valence-electron chi connectivity index (χ2n) is 4.36. The molecule has 0 saturated carbocycles. The quantitative estimate of drug-likeness (QED) is 0.843. The number of hydrogen-bond donors (Lipinski definition) is 0. The lowest BCUT2D eigenvalue weighted by Crippen LogP contribution is -2.40. The fourth-order valence-electron chi connectivity index (χ4n) is 2.35. The van der Waals surface area contributed by atoms with Crippen LogP contribution in [0.5, 0.6) is 0 Å². The summed E-state index contributed by atoms with van der Waals surface area (Å²) >= 11 is 5.91. The molecule has 1 aromatic rings. The first-order valence-corrected chi connectivity index (χ1v) is 7.92. The van der Waals surface area contributed by atoms with Gasteiger partial charge in [0.1, 0.15) is 0 Å². The van der Waals surface area contributed by atoms with Crippen LogP contribution in [0.15, 0.2) is 24.3 Å². The molecule has 0 radical (unpaired) electrons. The minimum atomic E-state index is -0.602. The molecule has 0 aromatic heterocycles. The molecule has 1 atom stereocenters. The van der Waals surface area contributed by atoms with Crippen molar-refractivity contribution in [2.24, 2.45) is 0 Å². The van der Waals surface area contributed by atoms with Gasteiger partial charge in [-0.25, -0.2) is 0 Å². The van der Waals surface area contributed by atoms with Gasteiger partial charge in [0.25, 0.3) is 0 Å². The van der Waals surface area contributed by atoms with E-state index in [9.17, 15) is 4.21 Å². The third kappa shape index (κ3) is 3.30. The Morgan fingerprint density at radius 3 is 2.41 bits per heavy atom. The molecule has 0 amide bonds. The Balaban J connectivity index is 2.10. The van der Waals surface area contributed by atoms with Gasteiger partial charge < -0.3 is 0 Å². The van der Waals surface area contributed by atoms with Gasteiger partial charge in [-0.1, -0.05) is 30.7 Å². The van der Waals surface area contributed by atoms with Crippen molar-refractivity contribution in [3.8, 4) is 0 Å². The molecule has 17 heavy (non-hydrogen) atoms. The zero-order chi connectivity index (χ0) is 12.3.